The fourth-order valence-electron chi connectivity index (χ4n) is 2.72. The summed E-state index contributed by atoms with van der Waals surface area (Å²) in [6, 6.07) is 9.16. The van der Waals surface area contributed by atoms with Crippen LogP contribution in [-0.2, 0) is 0 Å². The fraction of sp³-hybridized carbons (Fsp3) is 0.667. The molecule has 1 aromatic rings. The van der Waals surface area contributed by atoms with Crippen LogP contribution in [0.25, 0.3) is 0 Å². The van der Waals surface area contributed by atoms with Crippen molar-refractivity contribution in [2.75, 3.05) is 26.2 Å². The summed E-state index contributed by atoms with van der Waals surface area (Å²) >= 11 is 0. The molecule has 0 aliphatic heterocycles. The van der Waals surface area contributed by atoms with Crippen molar-refractivity contribution >= 4 is 0 Å². The first-order valence-electron chi connectivity index (χ1n) is 8.34. The van der Waals surface area contributed by atoms with Crippen LogP contribution in [0.15, 0.2) is 24.3 Å². The summed E-state index contributed by atoms with van der Waals surface area (Å²) in [6.45, 7) is 10.4. The number of aliphatic hydroxyl groups excluding tert-OH is 1. The van der Waals surface area contributed by atoms with Crippen LogP contribution in [0.5, 0.6) is 0 Å². The smallest absolute Gasteiger partial charge is 0.0914 e. The van der Waals surface area contributed by atoms with Crippen molar-refractivity contribution in [3.05, 3.63) is 35.4 Å². The van der Waals surface area contributed by atoms with Crippen molar-refractivity contribution in [1.29, 1.82) is 0 Å². The third kappa shape index (κ3) is 5.10. The zero-order valence-corrected chi connectivity index (χ0v) is 13.7. The van der Waals surface area contributed by atoms with Gasteiger partial charge in [-0.15, -0.1) is 0 Å². The topological polar surface area (TPSA) is 35.5 Å². The van der Waals surface area contributed by atoms with Crippen molar-refractivity contribution in [2.45, 2.75) is 51.7 Å². The Morgan fingerprint density at radius 3 is 2.33 bits per heavy atom. The van der Waals surface area contributed by atoms with Gasteiger partial charge in [-0.05, 0) is 36.4 Å². The van der Waals surface area contributed by atoms with Gasteiger partial charge < -0.3 is 10.4 Å². The van der Waals surface area contributed by atoms with E-state index in [0.29, 0.717) is 12.5 Å². The van der Waals surface area contributed by atoms with E-state index >= 15 is 0 Å². The maximum absolute atomic E-state index is 10.2. The first-order chi connectivity index (χ1) is 10.1. The molecule has 2 N–H and O–H groups in total. The van der Waals surface area contributed by atoms with E-state index in [2.05, 4.69) is 43.1 Å². The van der Waals surface area contributed by atoms with Gasteiger partial charge in [-0.1, -0.05) is 45.0 Å². The lowest BCUT2D eigenvalue weighted by Crippen LogP contribution is -2.35. The molecule has 1 saturated carbocycles. The van der Waals surface area contributed by atoms with Crippen LogP contribution in [0.3, 0.4) is 0 Å². The molecule has 3 heteroatoms. The molecule has 1 unspecified atom stereocenters. The number of benzene rings is 1. The van der Waals surface area contributed by atoms with E-state index in [4.69, 9.17) is 0 Å². The van der Waals surface area contributed by atoms with Crippen molar-refractivity contribution in [1.82, 2.24) is 10.2 Å². The Kier molecular flexibility index (Phi) is 6.22. The lowest BCUT2D eigenvalue weighted by Gasteiger charge is -2.20. The van der Waals surface area contributed by atoms with Gasteiger partial charge in [0, 0.05) is 25.7 Å². The summed E-state index contributed by atoms with van der Waals surface area (Å²) in [4.78, 5) is 2.52. The average molecular weight is 290 g/mol. The highest BCUT2D eigenvalue weighted by molar-refractivity contribution is 5.26. The number of hydrogen-bond donors (Lipinski definition) is 2. The van der Waals surface area contributed by atoms with Gasteiger partial charge in [0.2, 0.25) is 0 Å². The Balaban J connectivity index is 1.69. The molecule has 0 saturated heterocycles. The van der Waals surface area contributed by atoms with Crippen LogP contribution in [0.2, 0.25) is 0 Å². The van der Waals surface area contributed by atoms with Gasteiger partial charge in [-0.2, -0.15) is 0 Å². The number of nitrogens with one attached hydrogen (secondary N) is 1. The summed E-state index contributed by atoms with van der Waals surface area (Å²) in [5.74, 6) is 0.539. The summed E-state index contributed by atoms with van der Waals surface area (Å²) in [6.07, 6.45) is 2.30. The van der Waals surface area contributed by atoms with Crippen LogP contribution in [0, 0.1) is 0 Å². The zero-order chi connectivity index (χ0) is 15.2. The van der Waals surface area contributed by atoms with Gasteiger partial charge in [0.25, 0.3) is 0 Å². The predicted octanol–water partition coefficient (Wildman–Crippen LogP) is 2.92. The SMILES string of the molecule is CCN(CCNCC(O)c1ccc(C(C)C)cc1)C1CC1. The van der Waals surface area contributed by atoms with Crippen LogP contribution in [0.4, 0.5) is 0 Å². The first kappa shape index (κ1) is 16.5. The Bertz CT molecular complexity index is 412. The highest BCUT2D eigenvalue weighted by atomic mass is 16.3. The molecule has 2 rings (SSSR count). The summed E-state index contributed by atoms with van der Waals surface area (Å²) in [7, 11) is 0. The fourth-order valence-corrected chi connectivity index (χ4v) is 2.72. The normalized spacial score (nSPS) is 16.7. The van der Waals surface area contributed by atoms with Crippen molar-refractivity contribution in [2.24, 2.45) is 0 Å². The van der Waals surface area contributed by atoms with Gasteiger partial charge in [-0.3, -0.25) is 4.90 Å². The first-order valence-corrected chi connectivity index (χ1v) is 8.34. The quantitative estimate of drug-likeness (QED) is 0.686. The lowest BCUT2D eigenvalue weighted by molar-refractivity contribution is 0.171. The number of nitrogens with zero attached hydrogens (tertiary/aromatic N) is 1. The van der Waals surface area contributed by atoms with E-state index in [-0.39, 0.29) is 0 Å². The van der Waals surface area contributed by atoms with E-state index in [1.54, 1.807) is 0 Å². The second-order valence-electron chi connectivity index (χ2n) is 6.40. The zero-order valence-electron chi connectivity index (χ0n) is 13.7. The minimum atomic E-state index is -0.415. The average Bonchev–Trinajstić information content (AvgIpc) is 3.32. The minimum absolute atomic E-state index is 0.415. The summed E-state index contributed by atoms with van der Waals surface area (Å²) < 4.78 is 0. The molecular formula is C18H30N2O. The molecule has 0 heterocycles. The molecule has 1 aliphatic rings. The molecule has 0 aromatic heterocycles. The molecule has 0 amide bonds. The molecule has 1 aromatic carbocycles. The van der Waals surface area contributed by atoms with Crippen molar-refractivity contribution < 1.29 is 5.11 Å². The maximum Gasteiger partial charge on any atom is 0.0914 e. The van der Waals surface area contributed by atoms with E-state index < -0.39 is 6.10 Å². The second-order valence-corrected chi connectivity index (χ2v) is 6.40. The molecule has 0 radical (unpaired) electrons. The van der Waals surface area contributed by atoms with Crippen LogP contribution < -0.4 is 5.32 Å². The standard InChI is InChI=1S/C18H30N2O/c1-4-20(17-9-10-17)12-11-19-13-18(21)16-7-5-15(6-8-16)14(2)3/h5-8,14,17-19,21H,4,9-13H2,1-3H3. The molecule has 1 aliphatic carbocycles. The molecule has 1 fully saturated rings. The van der Waals surface area contributed by atoms with Crippen LogP contribution >= 0.6 is 0 Å². The Morgan fingerprint density at radius 1 is 1.19 bits per heavy atom. The van der Waals surface area contributed by atoms with Crippen LogP contribution in [0.1, 0.15) is 56.8 Å². The van der Waals surface area contributed by atoms with E-state index in [1.165, 1.54) is 18.4 Å². The summed E-state index contributed by atoms with van der Waals surface area (Å²) in [5, 5.41) is 13.6. The maximum atomic E-state index is 10.2. The Labute approximate surface area is 129 Å². The number of hydrogen-bond acceptors (Lipinski definition) is 3. The van der Waals surface area contributed by atoms with Gasteiger partial charge in [0.1, 0.15) is 0 Å². The van der Waals surface area contributed by atoms with E-state index in [9.17, 15) is 5.11 Å². The van der Waals surface area contributed by atoms with Crippen LogP contribution in [-0.4, -0.2) is 42.2 Å². The van der Waals surface area contributed by atoms with Crippen molar-refractivity contribution in [3.8, 4) is 0 Å². The third-order valence-electron chi connectivity index (χ3n) is 4.37. The van der Waals surface area contributed by atoms with Crippen molar-refractivity contribution in [3.63, 3.8) is 0 Å². The van der Waals surface area contributed by atoms with Gasteiger partial charge in [-0.25, -0.2) is 0 Å². The van der Waals surface area contributed by atoms with Gasteiger partial charge in [0.05, 0.1) is 6.10 Å². The molecule has 21 heavy (non-hydrogen) atoms. The predicted molar refractivity (Wildman–Crippen MR) is 88.6 cm³/mol. The molecular weight excluding hydrogens is 260 g/mol. The number of rotatable bonds is 9. The third-order valence-corrected chi connectivity index (χ3v) is 4.37. The molecule has 1 atom stereocenters. The Morgan fingerprint density at radius 2 is 1.81 bits per heavy atom. The highest BCUT2D eigenvalue weighted by Crippen LogP contribution is 2.25. The molecule has 118 valence electrons. The second kappa shape index (κ2) is 7.92. The minimum Gasteiger partial charge on any atom is -0.387 e. The van der Waals surface area contributed by atoms with E-state index in [1.807, 2.05) is 12.1 Å². The monoisotopic (exact) mass is 290 g/mol. The molecule has 0 spiro atoms. The Hall–Kier alpha value is -0.900. The number of likely N-dealkylation sites (N-methyl/N-ethyl adjacent to an activating group) is 1. The van der Waals surface area contributed by atoms with E-state index in [0.717, 1.165) is 31.2 Å². The highest BCUT2D eigenvalue weighted by Gasteiger charge is 2.27. The molecule has 0 bridgehead atoms. The number of aliphatic hydroxyl groups is 1. The molecule has 3 nitrogen and oxygen atoms in total. The summed E-state index contributed by atoms with van der Waals surface area (Å²) in [5.41, 5.74) is 2.32. The van der Waals surface area contributed by atoms with Gasteiger partial charge in [0.15, 0.2) is 0 Å². The van der Waals surface area contributed by atoms with Gasteiger partial charge >= 0.3 is 0 Å². The lowest BCUT2D eigenvalue weighted by atomic mass is 10.00. The largest absolute Gasteiger partial charge is 0.387 e.